The second-order valence-corrected chi connectivity index (χ2v) is 8.54. The molecule has 0 bridgehead atoms. The third kappa shape index (κ3) is 7.50. The molecule has 29 heavy (non-hydrogen) atoms. The van der Waals surface area contributed by atoms with E-state index in [-0.39, 0.29) is 52.9 Å². The summed E-state index contributed by atoms with van der Waals surface area (Å²) in [6.45, 7) is 11.8. The average molecular weight is 452 g/mol. The van der Waals surface area contributed by atoms with Gasteiger partial charge in [0.15, 0.2) is 0 Å². The van der Waals surface area contributed by atoms with E-state index in [9.17, 15) is 30.0 Å². The van der Waals surface area contributed by atoms with Gasteiger partial charge >= 0.3 is 19.5 Å². The maximum absolute atomic E-state index is 10.6. The van der Waals surface area contributed by atoms with Crippen molar-refractivity contribution >= 4 is 11.9 Å². The van der Waals surface area contributed by atoms with Crippen molar-refractivity contribution in [2.75, 3.05) is 0 Å². The Morgan fingerprint density at radius 2 is 0.966 bits per heavy atom. The van der Waals surface area contributed by atoms with Gasteiger partial charge in [-0.15, -0.1) is 0 Å². The molecular formula is C22H26O6Zn. The van der Waals surface area contributed by atoms with E-state index in [2.05, 4.69) is 0 Å². The fraction of sp³-hybridized carbons (Fsp3) is 0.364. The van der Waals surface area contributed by atoms with Crippen LogP contribution in [0.15, 0.2) is 36.4 Å². The molecule has 152 valence electrons. The van der Waals surface area contributed by atoms with Crippen LogP contribution in [0.5, 0.6) is 11.5 Å². The standard InChI is InChI=1S/2C11H14O3.Zn/c2*1-11(2,3)7-4-5-9(12)8(6-7)10(13)14;/h2*4-6,12H,1-3H3,(H,13,14);/q;;+2/p-2. The third-order valence-corrected chi connectivity index (χ3v) is 4.16. The van der Waals surface area contributed by atoms with Crippen molar-refractivity contribution in [3.05, 3.63) is 58.7 Å². The van der Waals surface area contributed by atoms with Gasteiger partial charge in [-0.05, 0) is 46.2 Å². The van der Waals surface area contributed by atoms with E-state index in [1.54, 1.807) is 12.1 Å². The number of carbonyl (C=O) groups excluding carboxylic acids is 2. The summed E-state index contributed by atoms with van der Waals surface area (Å²) < 4.78 is 0. The quantitative estimate of drug-likeness (QED) is 0.674. The van der Waals surface area contributed by atoms with Gasteiger partial charge < -0.3 is 30.0 Å². The summed E-state index contributed by atoms with van der Waals surface area (Å²) in [5.41, 5.74) is 1.12. The predicted molar refractivity (Wildman–Crippen MR) is 102 cm³/mol. The van der Waals surface area contributed by atoms with Gasteiger partial charge in [0, 0.05) is 11.1 Å². The number of hydrogen-bond donors (Lipinski definition) is 2. The van der Waals surface area contributed by atoms with Crippen LogP contribution in [0.25, 0.3) is 0 Å². The van der Waals surface area contributed by atoms with Crippen molar-refractivity contribution in [1.82, 2.24) is 0 Å². The largest absolute Gasteiger partial charge is 2.00 e. The van der Waals surface area contributed by atoms with Crippen LogP contribution in [0.4, 0.5) is 0 Å². The molecule has 2 aromatic rings. The smallest absolute Gasteiger partial charge is 0.545 e. The molecule has 0 amide bonds. The topological polar surface area (TPSA) is 121 Å². The Labute approximate surface area is 184 Å². The minimum Gasteiger partial charge on any atom is -0.545 e. The summed E-state index contributed by atoms with van der Waals surface area (Å²) in [6.07, 6.45) is 0. The number of carbonyl (C=O) groups is 2. The molecule has 0 heterocycles. The van der Waals surface area contributed by atoms with Gasteiger partial charge in [-0.3, -0.25) is 0 Å². The van der Waals surface area contributed by atoms with E-state index in [0.29, 0.717) is 0 Å². The first-order valence-electron chi connectivity index (χ1n) is 8.74. The first kappa shape index (κ1) is 26.6. The summed E-state index contributed by atoms with van der Waals surface area (Å²) in [6, 6.07) is 9.08. The van der Waals surface area contributed by atoms with Crippen LogP contribution < -0.4 is 10.2 Å². The van der Waals surface area contributed by atoms with Gasteiger partial charge in [-0.1, -0.05) is 53.7 Å². The first-order chi connectivity index (χ1) is 12.6. The number of rotatable bonds is 2. The molecule has 0 saturated carbocycles. The number of aromatic hydroxyl groups is 2. The molecule has 6 nitrogen and oxygen atoms in total. The van der Waals surface area contributed by atoms with Gasteiger partial charge in [0.2, 0.25) is 0 Å². The molecule has 7 heteroatoms. The Balaban J connectivity index is 0.000000523. The monoisotopic (exact) mass is 450 g/mol. The molecule has 0 fully saturated rings. The maximum atomic E-state index is 10.6. The van der Waals surface area contributed by atoms with Crippen LogP contribution >= 0.6 is 0 Å². The second kappa shape index (κ2) is 9.88. The van der Waals surface area contributed by atoms with E-state index in [4.69, 9.17) is 0 Å². The summed E-state index contributed by atoms with van der Waals surface area (Å²) in [7, 11) is 0. The molecule has 0 radical (unpaired) electrons. The Kier molecular flexibility index (Phi) is 9.06. The van der Waals surface area contributed by atoms with Crippen LogP contribution in [0.2, 0.25) is 0 Å². The Hall–Kier alpha value is -2.40. The Morgan fingerprint density at radius 3 is 1.17 bits per heavy atom. The average Bonchev–Trinajstić information content (AvgIpc) is 2.53. The van der Waals surface area contributed by atoms with E-state index in [1.165, 1.54) is 24.3 Å². The Bertz CT molecular complexity index is 802. The SMILES string of the molecule is CC(C)(C)c1ccc(O)c(C(=O)[O-])c1.CC(C)(C)c1ccc(O)c(C(=O)[O-])c1.[Zn+2]. The zero-order valence-electron chi connectivity index (χ0n) is 17.7. The van der Waals surface area contributed by atoms with Crippen molar-refractivity contribution in [3.8, 4) is 11.5 Å². The molecule has 0 saturated heterocycles. The van der Waals surface area contributed by atoms with Crippen LogP contribution in [0.1, 0.15) is 73.4 Å². The molecule has 0 unspecified atom stereocenters. The molecule has 0 spiro atoms. The number of carboxylic acids is 2. The summed E-state index contributed by atoms with van der Waals surface area (Å²) >= 11 is 0. The number of hydrogen-bond acceptors (Lipinski definition) is 6. The predicted octanol–water partition coefficient (Wildman–Crippen LogP) is 2.10. The van der Waals surface area contributed by atoms with Gasteiger partial charge in [-0.2, -0.15) is 0 Å². The second-order valence-electron chi connectivity index (χ2n) is 8.54. The molecule has 0 aromatic heterocycles. The van der Waals surface area contributed by atoms with Crippen LogP contribution in [0, 0.1) is 0 Å². The Morgan fingerprint density at radius 1 is 0.690 bits per heavy atom. The molecule has 0 atom stereocenters. The van der Waals surface area contributed by atoms with E-state index in [1.807, 2.05) is 41.5 Å². The van der Waals surface area contributed by atoms with Gasteiger partial charge in [0.1, 0.15) is 11.5 Å². The number of aromatic carboxylic acids is 2. The number of benzene rings is 2. The third-order valence-electron chi connectivity index (χ3n) is 4.16. The van der Waals surface area contributed by atoms with Gasteiger partial charge in [0.25, 0.3) is 0 Å². The van der Waals surface area contributed by atoms with E-state index in [0.717, 1.165) is 11.1 Å². The van der Waals surface area contributed by atoms with Gasteiger partial charge in [0.05, 0.1) is 11.9 Å². The fourth-order valence-electron chi connectivity index (χ4n) is 2.33. The molecule has 2 aromatic carbocycles. The zero-order chi connectivity index (χ0) is 21.9. The van der Waals surface area contributed by atoms with Crippen LogP contribution in [0.3, 0.4) is 0 Å². The molecule has 0 aliphatic carbocycles. The minimum absolute atomic E-state index is 0. The van der Waals surface area contributed by atoms with E-state index < -0.39 is 11.9 Å². The summed E-state index contributed by atoms with van der Waals surface area (Å²) in [4.78, 5) is 21.3. The normalized spacial score (nSPS) is 11.0. The molecular weight excluding hydrogens is 426 g/mol. The summed E-state index contributed by atoms with van der Waals surface area (Å²) in [5, 5.41) is 39.8. The van der Waals surface area contributed by atoms with Crippen molar-refractivity contribution in [2.24, 2.45) is 0 Å². The number of phenols is 2. The summed E-state index contributed by atoms with van der Waals surface area (Å²) in [5.74, 6) is -3.21. The van der Waals surface area contributed by atoms with Crippen LogP contribution in [-0.4, -0.2) is 22.2 Å². The molecule has 2 N–H and O–H groups in total. The molecule has 2 rings (SSSR count). The van der Waals surface area contributed by atoms with Crippen molar-refractivity contribution < 1.29 is 49.5 Å². The van der Waals surface area contributed by atoms with Crippen molar-refractivity contribution in [3.63, 3.8) is 0 Å². The van der Waals surface area contributed by atoms with E-state index >= 15 is 0 Å². The van der Waals surface area contributed by atoms with Crippen molar-refractivity contribution in [2.45, 2.75) is 52.4 Å². The maximum Gasteiger partial charge on any atom is 2.00 e. The minimum atomic E-state index is -1.35. The van der Waals surface area contributed by atoms with Gasteiger partial charge in [-0.25, -0.2) is 0 Å². The van der Waals surface area contributed by atoms with Crippen LogP contribution in [-0.2, 0) is 30.3 Å². The van der Waals surface area contributed by atoms with Crippen molar-refractivity contribution in [1.29, 1.82) is 0 Å². The first-order valence-corrected chi connectivity index (χ1v) is 8.74. The molecule has 0 aliphatic rings. The molecule has 0 aliphatic heterocycles. The number of carboxylic acid groups (broad SMARTS) is 2. The fourth-order valence-corrected chi connectivity index (χ4v) is 2.33. The zero-order valence-corrected chi connectivity index (χ0v) is 20.7.